The van der Waals surface area contributed by atoms with Gasteiger partial charge in [0.1, 0.15) is 0 Å². The topological polar surface area (TPSA) is 83.3 Å². The molecule has 4 nitrogen and oxygen atoms in total. The number of hydrogen-bond acceptors (Lipinski definition) is 2. The largest absolute Gasteiger partial charge is 0.512 e. The third-order valence-corrected chi connectivity index (χ3v) is 1.90. The summed E-state index contributed by atoms with van der Waals surface area (Å²) in [4.78, 5) is 18.0. The molecule has 0 aliphatic rings. The van der Waals surface area contributed by atoms with E-state index < -0.39 is 0 Å². The van der Waals surface area contributed by atoms with Crippen LogP contribution in [-0.2, 0) is 19.5 Å². The Morgan fingerprint density at radius 3 is 1.05 bits per heavy atom. The predicted octanol–water partition coefficient (Wildman–Crippen LogP) is 3.30. The van der Waals surface area contributed by atoms with Gasteiger partial charge in [0.05, 0.1) is 35.5 Å². The van der Waals surface area contributed by atoms with E-state index in [2.05, 4.69) is 0 Å². The summed E-state index contributed by atoms with van der Waals surface area (Å²) >= 11 is 0. The number of hydrogen-bond donors (Lipinski definition) is 2. The third-order valence-electron chi connectivity index (χ3n) is 1.90. The Hall–Kier alpha value is -0.957. The van der Waals surface area contributed by atoms with Gasteiger partial charge in [0, 0.05) is 19.5 Å². The van der Waals surface area contributed by atoms with E-state index in [1.165, 1.54) is 26.0 Å². The van der Waals surface area contributed by atoms with Gasteiger partial charge in [-0.1, -0.05) is 27.7 Å². The first-order valence-electron chi connectivity index (χ1n) is 5.94. The van der Waals surface area contributed by atoms with Gasteiger partial charge in [-0.15, -0.1) is 0 Å². The summed E-state index contributed by atoms with van der Waals surface area (Å²) < 4.78 is 0. The van der Waals surface area contributed by atoms with Crippen molar-refractivity contribution < 1.29 is 39.3 Å². The molecule has 0 aromatic heterocycles. The monoisotopic (exact) mass is 360 g/mol. The van der Waals surface area contributed by atoms with Crippen molar-refractivity contribution in [1.82, 2.24) is 0 Å². The van der Waals surface area contributed by atoms with Gasteiger partial charge in [-0.2, -0.15) is 0 Å². The average Bonchev–Trinajstić information content (AvgIpc) is 2.16. The predicted molar refractivity (Wildman–Crippen MR) is 76.3 cm³/mol. The second-order valence-corrected chi connectivity index (χ2v) is 4.73. The Bertz CT molecular complexity index is 299. The van der Waals surface area contributed by atoms with E-state index in [1.54, 1.807) is 0 Å². The van der Waals surface area contributed by atoms with Crippen molar-refractivity contribution >= 4 is 11.6 Å². The smallest absolute Gasteiger partial charge is 0.322 e. The molecule has 0 aliphatic carbocycles. The Kier molecular flexibility index (Phi) is 14.7. The van der Waals surface area contributed by atoms with Gasteiger partial charge in [0.2, 0.25) is 0 Å². The van der Waals surface area contributed by atoms with Crippen LogP contribution in [0.15, 0.2) is 23.7 Å². The van der Waals surface area contributed by atoms with Crippen LogP contribution in [0.5, 0.6) is 0 Å². The van der Waals surface area contributed by atoms with Gasteiger partial charge >= 0.3 is 11.6 Å². The molecule has 0 bridgehead atoms. The normalized spacial score (nSPS) is 11.6. The fourth-order valence-corrected chi connectivity index (χ4v) is 0.761. The minimum atomic E-state index is 0. The van der Waals surface area contributed by atoms with Crippen molar-refractivity contribution in [3.8, 4) is 0 Å². The van der Waals surface area contributed by atoms with E-state index in [0.29, 0.717) is 0 Å². The number of allylic oxidation sites excluding steroid dienone is 4. The summed E-state index contributed by atoms with van der Waals surface area (Å²) in [5.74, 6) is 0.895. The van der Waals surface area contributed by atoms with Gasteiger partial charge in [0.25, 0.3) is 0 Å². The first-order chi connectivity index (χ1) is 8.07. The fourth-order valence-electron chi connectivity index (χ4n) is 0.761. The maximum Gasteiger partial charge on any atom is 0.322 e. The van der Waals surface area contributed by atoms with Crippen molar-refractivity contribution in [3.63, 3.8) is 0 Å². The molecule has 0 rings (SSSR count). The SMILES string of the molecule is C/C(O)=C/C(=[OH+])C(C)C.C/C(O)=C/C(=[OH+])C(C)C.[Ru]. The van der Waals surface area contributed by atoms with Crippen LogP contribution in [0.2, 0.25) is 0 Å². The van der Waals surface area contributed by atoms with Gasteiger partial charge in [-0.05, 0) is 13.8 Å². The molecule has 0 atom stereocenters. The molecule has 0 saturated heterocycles. The van der Waals surface area contributed by atoms with Crippen LogP contribution in [0, 0.1) is 11.8 Å². The van der Waals surface area contributed by atoms with Crippen molar-refractivity contribution in [2.75, 3.05) is 0 Å². The molecule has 0 saturated carbocycles. The molecule has 112 valence electrons. The van der Waals surface area contributed by atoms with Crippen LogP contribution in [-0.4, -0.2) is 31.4 Å². The van der Waals surface area contributed by atoms with Crippen molar-refractivity contribution in [2.24, 2.45) is 11.8 Å². The maximum atomic E-state index is 8.98. The zero-order valence-corrected chi connectivity index (χ0v) is 14.2. The molecule has 0 fully saturated rings. The molecule has 0 spiro atoms. The number of ketones is 2. The third kappa shape index (κ3) is 17.0. The molecule has 0 radical (unpaired) electrons. The van der Waals surface area contributed by atoms with Gasteiger partial charge in [-0.3, -0.25) is 9.59 Å². The van der Waals surface area contributed by atoms with Crippen LogP contribution in [0.4, 0.5) is 0 Å². The number of aliphatic hydroxyl groups is 2. The van der Waals surface area contributed by atoms with E-state index in [9.17, 15) is 0 Å². The quantitative estimate of drug-likeness (QED) is 0.349. The molecular formula is C14H26O4Ru+2. The molecule has 19 heavy (non-hydrogen) atoms. The summed E-state index contributed by atoms with van der Waals surface area (Å²) in [6.07, 6.45) is 2.70. The van der Waals surface area contributed by atoms with Crippen LogP contribution < -0.4 is 0 Å². The molecular weight excluding hydrogens is 333 g/mol. The Morgan fingerprint density at radius 2 is 1.00 bits per heavy atom. The summed E-state index contributed by atoms with van der Waals surface area (Å²) in [5, 5.41) is 17.3. The Balaban J connectivity index is -0.000000256. The molecule has 0 amide bonds. The standard InChI is InChI=1S/2C7H12O2.Ru/c2*1-5(2)7(9)4-6(3)8;/h2*4-5,8H,1-3H3;/p+2/b2*6-4-;. The molecule has 5 heteroatoms. The minimum absolute atomic E-state index is 0. The minimum Gasteiger partial charge on any atom is -0.512 e. The summed E-state index contributed by atoms with van der Waals surface area (Å²) in [6, 6.07) is 0. The average molecular weight is 359 g/mol. The molecule has 0 aliphatic heterocycles. The fraction of sp³-hybridized carbons (Fsp3) is 0.571. The van der Waals surface area contributed by atoms with Crippen molar-refractivity contribution in [3.05, 3.63) is 23.7 Å². The number of aliphatic hydroxyl groups excluding tert-OH is 2. The second kappa shape index (κ2) is 12.1. The first kappa shape index (κ1) is 23.2. The Morgan fingerprint density at radius 1 is 0.789 bits per heavy atom. The van der Waals surface area contributed by atoms with Gasteiger partial charge < -0.3 is 10.2 Å². The summed E-state index contributed by atoms with van der Waals surface area (Å²) in [6.45, 7) is 10.5. The second-order valence-electron chi connectivity index (χ2n) is 4.73. The van der Waals surface area contributed by atoms with E-state index in [-0.39, 0.29) is 54.4 Å². The molecule has 0 heterocycles. The van der Waals surface area contributed by atoms with Crippen LogP contribution >= 0.6 is 0 Å². The van der Waals surface area contributed by atoms with Crippen LogP contribution in [0.1, 0.15) is 41.5 Å². The maximum absolute atomic E-state index is 8.98. The number of rotatable bonds is 4. The molecule has 0 aromatic carbocycles. The summed E-state index contributed by atoms with van der Waals surface area (Å²) in [7, 11) is 0. The zero-order valence-electron chi connectivity index (χ0n) is 12.5. The van der Waals surface area contributed by atoms with Gasteiger partial charge in [-0.25, -0.2) is 0 Å². The van der Waals surface area contributed by atoms with E-state index in [0.717, 1.165) is 0 Å². The molecule has 4 N–H and O–H groups in total. The van der Waals surface area contributed by atoms with Gasteiger partial charge in [0.15, 0.2) is 0 Å². The van der Waals surface area contributed by atoms with E-state index in [4.69, 9.17) is 19.8 Å². The Labute approximate surface area is 128 Å². The molecule has 0 aromatic rings. The van der Waals surface area contributed by atoms with E-state index >= 15 is 0 Å². The zero-order chi connectivity index (χ0) is 14.9. The van der Waals surface area contributed by atoms with Crippen LogP contribution in [0.25, 0.3) is 0 Å². The van der Waals surface area contributed by atoms with E-state index in [1.807, 2.05) is 27.7 Å². The van der Waals surface area contributed by atoms with Crippen LogP contribution in [0.3, 0.4) is 0 Å². The first-order valence-corrected chi connectivity index (χ1v) is 5.94. The number of carbonyl (C=O) groups excluding carboxylic acids is 2. The van der Waals surface area contributed by atoms with Crippen molar-refractivity contribution in [1.29, 1.82) is 0 Å². The molecule has 0 unspecified atom stereocenters. The van der Waals surface area contributed by atoms with Crippen molar-refractivity contribution in [2.45, 2.75) is 41.5 Å². The summed E-state index contributed by atoms with van der Waals surface area (Å²) in [5.41, 5.74) is 0.